The minimum atomic E-state index is -1.26. The van der Waals surface area contributed by atoms with Crippen LogP contribution in [0.15, 0.2) is 28.9 Å². The lowest BCUT2D eigenvalue weighted by Crippen LogP contribution is -2.04. The third-order valence-electron chi connectivity index (χ3n) is 2.07. The van der Waals surface area contributed by atoms with Gasteiger partial charge >= 0.3 is 5.97 Å². The summed E-state index contributed by atoms with van der Waals surface area (Å²) < 4.78 is 26.3. The van der Waals surface area contributed by atoms with Crippen molar-refractivity contribution in [1.82, 2.24) is 9.97 Å². The van der Waals surface area contributed by atoms with Gasteiger partial charge in [-0.1, -0.05) is 0 Å². The number of carboxylic acids is 1. The third kappa shape index (κ3) is 2.51. The lowest BCUT2D eigenvalue weighted by atomic mass is 10.2. The molecule has 18 heavy (non-hydrogen) atoms. The fourth-order valence-electron chi connectivity index (χ4n) is 1.34. The summed E-state index contributed by atoms with van der Waals surface area (Å²) in [7, 11) is 0. The Morgan fingerprint density at radius 3 is 2.39 bits per heavy atom. The van der Waals surface area contributed by atoms with E-state index < -0.39 is 17.6 Å². The number of nitrogens with zero attached hydrogens (tertiary/aromatic N) is 2. The molecule has 0 aliphatic rings. The van der Waals surface area contributed by atoms with Crippen molar-refractivity contribution in [2.75, 3.05) is 0 Å². The summed E-state index contributed by atoms with van der Waals surface area (Å²) in [6.07, 6.45) is 1.22. The van der Waals surface area contributed by atoms with Crippen LogP contribution in [0.5, 0.6) is 0 Å². The summed E-state index contributed by atoms with van der Waals surface area (Å²) in [6, 6.07) is 2.76. The van der Waals surface area contributed by atoms with Gasteiger partial charge in [-0.05, 0) is 28.1 Å². The number of carboxylic acid groups (broad SMARTS) is 1. The summed E-state index contributed by atoms with van der Waals surface area (Å²) in [4.78, 5) is 18.4. The number of carbonyl (C=O) groups is 1. The Kier molecular flexibility index (Phi) is 3.33. The Morgan fingerprint density at radius 2 is 1.83 bits per heavy atom. The SMILES string of the molecule is O=C(O)c1nc(-c2cc(F)cc(F)c2)ncc1Br. The lowest BCUT2D eigenvalue weighted by Gasteiger charge is -2.03. The molecule has 0 aliphatic heterocycles. The molecule has 0 aliphatic carbocycles. The smallest absolute Gasteiger partial charge is 0.355 e. The number of hydrogen-bond donors (Lipinski definition) is 1. The Morgan fingerprint density at radius 1 is 1.22 bits per heavy atom. The van der Waals surface area contributed by atoms with Crippen LogP contribution in [-0.4, -0.2) is 21.0 Å². The second-order valence-electron chi connectivity index (χ2n) is 3.35. The largest absolute Gasteiger partial charge is 0.476 e. The van der Waals surface area contributed by atoms with Crippen molar-refractivity contribution in [3.05, 3.63) is 46.2 Å². The van der Waals surface area contributed by atoms with Gasteiger partial charge in [0.1, 0.15) is 11.6 Å². The number of aromatic carboxylic acids is 1. The van der Waals surface area contributed by atoms with Crippen molar-refractivity contribution in [2.24, 2.45) is 0 Å². The molecule has 2 rings (SSSR count). The molecule has 1 aromatic heterocycles. The quantitative estimate of drug-likeness (QED) is 0.925. The fourth-order valence-corrected chi connectivity index (χ4v) is 1.70. The zero-order chi connectivity index (χ0) is 13.3. The van der Waals surface area contributed by atoms with E-state index in [9.17, 15) is 13.6 Å². The van der Waals surface area contributed by atoms with Crippen LogP contribution in [0.25, 0.3) is 11.4 Å². The van der Waals surface area contributed by atoms with Crippen molar-refractivity contribution in [3.63, 3.8) is 0 Å². The average Bonchev–Trinajstić information content (AvgIpc) is 2.27. The maximum absolute atomic E-state index is 13.0. The fraction of sp³-hybridized carbons (Fsp3) is 0. The molecule has 2 aromatic rings. The van der Waals surface area contributed by atoms with E-state index >= 15 is 0 Å². The number of aromatic nitrogens is 2. The van der Waals surface area contributed by atoms with Crippen molar-refractivity contribution < 1.29 is 18.7 Å². The molecule has 0 bridgehead atoms. The predicted molar refractivity (Wildman–Crippen MR) is 62.0 cm³/mol. The van der Waals surface area contributed by atoms with Crippen LogP contribution in [0.3, 0.4) is 0 Å². The predicted octanol–water partition coefficient (Wildman–Crippen LogP) is 2.88. The Balaban J connectivity index is 2.57. The molecule has 0 radical (unpaired) electrons. The maximum atomic E-state index is 13.0. The molecule has 0 atom stereocenters. The molecular formula is C11H5BrF2N2O2. The minimum absolute atomic E-state index is 0.0611. The molecular weight excluding hydrogens is 310 g/mol. The second kappa shape index (κ2) is 4.77. The van der Waals surface area contributed by atoms with Crippen LogP contribution in [-0.2, 0) is 0 Å². The van der Waals surface area contributed by atoms with Crippen LogP contribution in [0.2, 0.25) is 0 Å². The summed E-state index contributed by atoms with van der Waals surface area (Å²) in [5.74, 6) is -2.89. The normalized spacial score (nSPS) is 10.4. The average molecular weight is 315 g/mol. The number of benzene rings is 1. The number of hydrogen-bond acceptors (Lipinski definition) is 3. The van der Waals surface area contributed by atoms with Crippen LogP contribution < -0.4 is 0 Å². The van der Waals surface area contributed by atoms with Gasteiger partial charge in [0.25, 0.3) is 0 Å². The molecule has 0 saturated carbocycles. The number of halogens is 3. The zero-order valence-corrected chi connectivity index (χ0v) is 10.3. The van der Waals surface area contributed by atoms with Crippen molar-refractivity contribution >= 4 is 21.9 Å². The van der Waals surface area contributed by atoms with E-state index in [1.807, 2.05) is 0 Å². The molecule has 1 N–H and O–H groups in total. The van der Waals surface area contributed by atoms with Gasteiger partial charge in [-0.15, -0.1) is 0 Å². The van der Waals surface area contributed by atoms with Gasteiger partial charge in [0, 0.05) is 17.8 Å². The first kappa shape index (κ1) is 12.6. The van der Waals surface area contributed by atoms with E-state index in [1.54, 1.807) is 0 Å². The molecule has 0 fully saturated rings. The van der Waals surface area contributed by atoms with Crippen LogP contribution in [0, 0.1) is 11.6 Å². The monoisotopic (exact) mass is 314 g/mol. The molecule has 1 aromatic carbocycles. The molecule has 92 valence electrons. The number of rotatable bonds is 2. The molecule has 0 unspecified atom stereocenters. The van der Waals surface area contributed by atoms with E-state index in [4.69, 9.17) is 5.11 Å². The Labute approximate surface area is 108 Å². The minimum Gasteiger partial charge on any atom is -0.476 e. The molecule has 7 heteroatoms. The van der Waals surface area contributed by atoms with E-state index in [0.717, 1.165) is 12.1 Å². The van der Waals surface area contributed by atoms with Crippen molar-refractivity contribution in [3.8, 4) is 11.4 Å². The highest BCUT2D eigenvalue weighted by atomic mass is 79.9. The van der Waals surface area contributed by atoms with Crippen molar-refractivity contribution in [1.29, 1.82) is 0 Å². The topological polar surface area (TPSA) is 63.1 Å². The first-order chi connectivity index (χ1) is 8.47. The third-order valence-corrected chi connectivity index (χ3v) is 2.65. The summed E-state index contributed by atoms with van der Waals surface area (Å²) in [6.45, 7) is 0. The van der Waals surface area contributed by atoms with E-state index in [2.05, 4.69) is 25.9 Å². The summed E-state index contributed by atoms with van der Waals surface area (Å²) >= 11 is 2.98. The second-order valence-corrected chi connectivity index (χ2v) is 4.21. The Bertz CT molecular complexity index is 614. The Hall–Kier alpha value is -1.89. The highest BCUT2D eigenvalue weighted by molar-refractivity contribution is 9.10. The van der Waals surface area contributed by atoms with E-state index in [1.165, 1.54) is 6.20 Å². The van der Waals surface area contributed by atoms with E-state index in [-0.39, 0.29) is 21.6 Å². The molecule has 1 heterocycles. The van der Waals surface area contributed by atoms with Crippen LogP contribution in [0.1, 0.15) is 10.5 Å². The standard InChI is InChI=1S/C11H5BrF2N2O2/c12-8-4-15-10(16-9(8)11(17)18)5-1-6(13)3-7(14)2-5/h1-4H,(H,17,18). The molecule has 0 amide bonds. The summed E-state index contributed by atoms with van der Waals surface area (Å²) in [5.41, 5.74) is -0.202. The van der Waals surface area contributed by atoms with E-state index in [0.29, 0.717) is 6.07 Å². The van der Waals surface area contributed by atoms with Gasteiger partial charge in [-0.25, -0.2) is 23.5 Å². The van der Waals surface area contributed by atoms with Crippen LogP contribution in [0.4, 0.5) is 8.78 Å². The van der Waals surface area contributed by atoms with Gasteiger partial charge in [-0.2, -0.15) is 0 Å². The first-order valence-corrected chi connectivity index (χ1v) is 5.49. The van der Waals surface area contributed by atoms with Crippen LogP contribution >= 0.6 is 15.9 Å². The molecule has 0 spiro atoms. The van der Waals surface area contributed by atoms with Gasteiger partial charge < -0.3 is 5.11 Å². The van der Waals surface area contributed by atoms with Gasteiger partial charge in [0.05, 0.1) is 4.47 Å². The molecule has 0 saturated heterocycles. The summed E-state index contributed by atoms with van der Waals surface area (Å²) in [5, 5.41) is 8.88. The van der Waals surface area contributed by atoms with Gasteiger partial charge in [0.2, 0.25) is 0 Å². The lowest BCUT2D eigenvalue weighted by molar-refractivity contribution is 0.0689. The molecule has 4 nitrogen and oxygen atoms in total. The van der Waals surface area contributed by atoms with Gasteiger partial charge in [-0.3, -0.25) is 0 Å². The van der Waals surface area contributed by atoms with Gasteiger partial charge in [0.15, 0.2) is 11.5 Å². The highest BCUT2D eigenvalue weighted by Crippen LogP contribution is 2.21. The van der Waals surface area contributed by atoms with Crippen molar-refractivity contribution in [2.45, 2.75) is 0 Å². The highest BCUT2D eigenvalue weighted by Gasteiger charge is 2.14. The maximum Gasteiger partial charge on any atom is 0.355 e. The zero-order valence-electron chi connectivity index (χ0n) is 8.69. The first-order valence-electron chi connectivity index (χ1n) is 4.69.